The maximum absolute atomic E-state index is 9.36. The van der Waals surface area contributed by atoms with E-state index in [-0.39, 0.29) is 0 Å². The van der Waals surface area contributed by atoms with Gasteiger partial charge in [-0.3, -0.25) is 0 Å². The fraction of sp³-hybridized carbons (Fsp3) is 0.333. The molecular formula is C15H14N2S2. The van der Waals surface area contributed by atoms with E-state index in [0.717, 1.165) is 23.4 Å². The van der Waals surface area contributed by atoms with Crippen LogP contribution in [0.25, 0.3) is 0 Å². The lowest BCUT2D eigenvalue weighted by Crippen LogP contribution is -1.99. The molecular weight excluding hydrogens is 272 g/mol. The molecule has 0 fully saturated rings. The maximum Gasteiger partial charge on any atom is 0.134 e. The first-order chi connectivity index (χ1) is 9.29. The number of aliphatic imine (C=N–C) groups is 1. The molecule has 1 aliphatic rings. The molecule has 0 saturated carbocycles. The predicted octanol–water partition coefficient (Wildman–Crippen LogP) is 4.62. The van der Waals surface area contributed by atoms with Crippen molar-refractivity contribution in [2.75, 3.05) is 0 Å². The summed E-state index contributed by atoms with van der Waals surface area (Å²) in [4.78, 5) is 7.12. The Labute approximate surface area is 121 Å². The minimum atomic E-state index is 0.810. The monoisotopic (exact) mass is 286 g/mol. The Hall–Kier alpha value is -1.44. The van der Waals surface area contributed by atoms with Gasteiger partial charge in [-0.05, 0) is 55.2 Å². The van der Waals surface area contributed by atoms with Gasteiger partial charge in [-0.2, -0.15) is 5.26 Å². The molecule has 96 valence electrons. The van der Waals surface area contributed by atoms with Crippen molar-refractivity contribution in [3.63, 3.8) is 0 Å². The van der Waals surface area contributed by atoms with Crippen molar-refractivity contribution in [2.24, 2.45) is 4.99 Å². The van der Waals surface area contributed by atoms with Gasteiger partial charge in [0.1, 0.15) is 11.1 Å². The summed E-state index contributed by atoms with van der Waals surface area (Å²) in [6, 6.07) is 4.44. The van der Waals surface area contributed by atoms with Crippen LogP contribution in [0.2, 0.25) is 0 Å². The smallest absolute Gasteiger partial charge is 0.134 e. The molecule has 1 aliphatic carbocycles. The Morgan fingerprint density at radius 1 is 1.37 bits per heavy atom. The Bertz CT molecular complexity index is 671. The quantitative estimate of drug-likeness (QED) is 0.742. The highest BCUT2D eigenvalue weighted by Crippen LogP contribution is 2.39. The highest BCUT2D eigenvalue weighted by molar-refractivity contribution is 7.16. The van der Waals surface area contributed by atoms with Gasteiger partial charge in [0.2, 0.25) is 0 Å². The van der Waals surface area contributed by atoms with E-state index < -0.39 is 0 Å². The van der Waals surface area contributed by atoms with Gasteiger partial charge in [0.25, 0.3) is 0 Å². The lowest BCUT2D eigenvalue weighted by Gasteiger charge is -2.09. The van der Waals surface area contributed by atoms with Crippen LogP contribution in [-0.4, -0.2) is 6.21 Å². The highest BCUT2D eigenvalue weighted by Gasteiger charge is 2.20. The molecule has 4 heteroatoms. The third kappa shape index (κ3) is 2.36. The molecule has 2 aromatic rings. The first kappa shape index (κ1) is 12.6. The Balaban J connectivity index is 1.97. The van der Waals surface area contributed by atoms with Crippen molar-refractivity contribution in [1.82, 2.24) is 0 Å². The van der Waals surface area contributed by atoms with Crippen LogP contribution in [0.4, 0.5) is 5.00 Å². The number of aryl methyl sites for hydroxylation is 2. The summed E-state index contributed by atoms with van der Waals surface area (Å²) in [5.41, 5.74) is 3.31. The molecule has 0 N–H and O–H groups in total. The number of hydrogen-bond donors (Lipinski definition) is 0. The first-order valence-electron chi connectivity index (χ1n) is 6.42. The molecule has 0 saturated heterocycles. The SMILES string of the molecule is Cc1ccsc1C=Nc1sc2c(c1C#N)CCCC2. The molecule has 0 aliphatic heterocycles. The molecule has 0 atom stereocenters. The van der Waals surface area contributed by atoms with Gasteiger partial charge >= 0.3 is 0 Å². The summed E-state index contributed by atoms with van der Waals surface area (Å²) >= 11 is 3.39. The molecule has 3 rings (SSSR count). The van der Waals surface area contributed by atoms with Gasteiger partial charge in [0, 0.05) is 16.0 Å². The summed E-state index contributed by atoms with van der Waals surface area (Å²) in [7, 11) is 0. The van der Waals surface area contributed by atoms with Crippen LogP contribution in [0.3, 0.4) is 0 Å². The van der Waals surface area contributed by atoms with E-state index in [1.165, 1.54) is 33.7 Å². The van der Waals surface area contributed by atoms with Crippen molar-refractivity contribution in [2.45, 2.75) is 32.6 Å². The van der Waals surface area contributed by atoms with Crippen molar-refractivity contribution >= 4 is 33.9 Å². The van der Waals surface area contributed by atoms with Crippen molar-refractivity contribution in [3.05, 3.63) is 37.9 Å². The van der Waals surface area contributed by atoms with Crippen LogP contribution < -0.4 is 0 Å². The Morgan fingerprint density at radius 3 is 2.95 bits per heavy atom. The summed E-state index contributed by atoms with van der Waals surface area (Å²) in [5, 5.41) is 12.3. The van der Waals surface area contributed by atoms with E-state index in [1.54, 1.807) is 22.7 Å². The van der Waals surface area contributed by atoms with E-state index in [4.69, 9.17) is 0 Å². The standard InChI is InChI=1S/C15H14N2S2/c1-10-6-7-18-14(10)9-17-15-12(8-16)11-4-2-3-5-13(11)19-15/h6-7,9H,2-5H2,1H3. The van der Waals surface area contributed by atoms with Gasteiger partial charge in [0.15, 0.2) is 0 Å². The van der Waals surface area contributed by atoms with Gasteiger partial charge in [-0.15, -0.1) is 22.7 Å². The second-order valence-electron chi connectivity index (χ2n) is 4.73. The summed E-state index contributed by atoms with van der Waals surface area (Å²) in [5.74, 6) is 0. The number of hydrogen-bond acceptors (Lipinski definition) is 4. The van der Waals surface area contributed by atoms with Gasteiger partial charge in [-0.25, -0.2) is 4.99 Å². The molecule has 0 unspecified atom stereocenters. The molecule has 0 bridgehead atoms. The zero-order chi connectivity index (χ0) is 13.2. The second-order valence-corrected chi connectivity index (χ2v) is 6.76. The zero-order valence-electron chi connectivity index (χ0n) is 10.8. The lowest BCUT2D eigenvalue weighted by atomic mass is 9.96. The topological polar surface area (TPSA) is 36.1 Å². The van der Waals surface area contributed by atoms with E-state index in [9.17, 15) is 5.26 Å². The lowest BCUT2D eigenvalue weighted by molar-refractivity contribution is 0.696. The molecule has 19 heavy (non-hydrogen) atoms. The van der Waals surface area contributed by atoms with Crippen LogP contribution in [0.15, 0.2) is 16.4 Å². The number of nitrogens with zero attached hydrogens (tertiary/aromatic N) is 2. The Kier molecular flexibility index (Phi) is 3.50. The minimum Gasteiger partial charge on any atom is -0.243 e. The number of nitriles is 1. The highest BCUT2D eigenvalue weighted by atomic mass is 32.1. The van der Waals surface area contributed by atoms with E-state index in [1.807, 2.05) is 6.21 Å². The molecule has 2 aromatic heterocycles. The normalized spacial score (nSPS) is 14.5. The summed E-state index contributed by atoms with van der Waals surface area (Å²) in [6.07, 6.45) is 6.50. The van der Waals surface area contributed by atoms with Crippen LogP contribution in [0.1, 0.15) is 39.3 Å². The van der Waals surface area contributed by atoms with E-state index in [0.29, 0.717) is 0 Å². The molecule has 0 aromatic carbocycles. The van der Waals surface area contributed by atoms with E-state index >= 15 is 0 Å². The van der Waals surface area contributed by atoms with Gasteiger partial charge < -0.3 is 0 Å². The second kappa shape index (κ2) is 5.28. The average molecular weight is 286 g/mol. The maximum atomic E-state index is 9.36. The van der Waals surface area contributed by atoms with Gasteiger partial charge in [-0.1, -0.05) is 0 Å². The molecule has 2 nitrogen and oxygen atoms in total. The molecule has 2 heterocycles. The average Bonchev–Trinajstić information content (AvgIpc) is 2.99. The molecule has 0 spiro atoms. The van der Waals surface area contributed by atoms with Crippen molar-refractivity contribution < 1.29 is 0 Å². The predicted molar refractivity (Wildman–Crippen MR) is 82.0 cm³/mol. The number of thiophene rings is 2. The molecule has 0 radical (unpaired) electrons. The largest absolute Gasteiger partial charge is 0.243 e. The minimum absolute atomic E-state index is 0.810. The zero-order valence-corrected chi connectivity index (χ0v) is 12.4. The number of fused-ring (bicyclic) bond motifs is 1. The third-order valence-corrected chi connectivity index (χ3v) is 5.62. The third-order valence-electron chi connectivity index (χ3n) is 3.47. The van der Waals surface area contributed by atoms with Gasteiger partial charge in [0.05, 0.1) is 5.56 Å². The van der Waals surface area contributed by atoms with Crippen LogP contribution >= 0.6 is 22.7 Å². The van der Waals surface area contributed by atoms with Crippen molar-refractivity contribution in [1.29, 1.82) is 5.26 Å². The fourth-order valence-corrected chi connectivity index (χ4v) is 4.36. The van der Waals surface area contributed by atoms with Crippen LogP contribution in [-0.2, 0) is 12.8 Å². The van der Waals surface area contributed by atoms with E-state index in [2.05, 4.69) is 29.4 Å². The number of rotatable bonds is 2. The Morgan fingerprint density at radius 2 is 2.21 bits per heavy atom. The fourth-order valence-electron chi connectivity index (χ4n) is 2.39. The van der Waals surface area contributed by atoms with Crippen molar-refractivity contribution in [3.8, 4) is 6.07 Å². The summed E-state index contributed by atoms with van der Waals surface area (Å²) < 4.78 is 0. The first-order valence-corrected chi connectivity index (χ1v) is 8.12. The van der Waals surface area contributed by atoms with Crippen LogP contribution in [0.5, 0.6) is 0 Å². The molecule has 0 amide bonds. The van der Waals surface area contributed by atoms with Crippen LogP contribution in [0, 0.1) is 18.3 Å². The summed E-state index contributed by atoms with van der Waals surface area (Å²) in [6.45, 7) is 2.09.